The summed E-state index contributed by atoms with van der Waals surface area (Å²) in [5.74, 6) is -0.163. The maximum atomic E-state index is 14.1. The number of ketones is 1. The first-order valence-corrected chi connectivity index (χ1v) is 11.0. The predicted molar refractivity (Wildman–Crippen MR) is 125 cm³/mol. The molecule has 4 nitrogen and oxygen atoms in total. The van der Waals surface area contributed by atoms with Crippen molar-refractivity contribution in [1.82, 2.24) is 9.78 Å². The number of rotatable bonds is 4. The van der Waals surface area contributed by atoms with Crippen molar-refractivity contribution in [3.63, 3.8) is 0 Å². The highest BCUT2D eigenvalue weighted by Crippen LogP contribution is 2.50. The van der Waals surface area contributed by atoms with E-state index in [2.05, 4.69) is 5.10 Å². The van der Waals surface area contributed by atoms with Gasteiger partial charge < -0.3 is 4.90 Å². The van der Waals surface area contributed by atoms with Gasteiger partial charge in [0, 0.05) is 12.1 Å². The maximum Gasteiger partial charge on any atom is 0.410 e. The minimum Gasteiger partial charge on any atom is -0.318 e. The summed E-state index contributed by atoms with van der Waals surface area (Å²) >= 11 is 0. The minimum absolute atomic E-state index is 0.169. The lowest BCUT2D eigenvalue weighted by molar-refractivity contribution is -0.174. The first-order valence-electron chi connectivity index (χ1n) is 11.0. The monoisotopic (exact) mass is 461 g/mol. The van der Waals surface area contributed by atoms with E-state index < -0.39 is 18.3 Å². The third-order valence-electron chi connectivity index (χ3n) is 6.24. The van der Waals surface area contributed by atoms with Crippen LogP contribution in [0.1, 0.15) is 41.3 Å². The summed E-state index contributed by atoms with van der Waals surface area (Å²) in [4.78, 5) is 14.2. The van der Waals surface area contributed by atoms with Gasteiger partial charge in [-0.3, -0.25) is 4.79 Å². The Kier molecular flexibility index (Phi) is 5.48. The number of hydrogen-bond donors (Lipinski definition) is 0. The van der Waals surface area contributed by atoms with Crippen LogP contribution in [-0.2, 0) is 0 Å². The van der Waals surface area contributed by atoms with Gasteiger partial charge in [0.1, 0.15) is 5.82 Å². The highest BCUT2D eigenvalue weighted by molar-refractivity contribution is 6.00. The highest BCUT2D eigenvalue weighted by atomic mass is 19.4. The molecule has 1 aliphatic heterocycles. The molecule has 0 saturated heterocycles. The molecule has 0 radical (unpaired) electrons. The van der Waals surface area contributed by atoms with Crippen molar-refractivity contribution in [1.29, 1.82) is 0 Å². The van der Waals surface area contributed by atoms with Crippen molar-refractivity contribution < 1.29 is 18.0 Å². The molecule has 0 amide bonds. The van der Waals surface area contributed by atoms with Gasteiger partial charge in [-0.1, -0.05) is 72.8 Å². The first kappa shape index (κ1) is 21.9. The molecule has 2 heterocycles. The third kappa shape index (κ3) is 3.87. The Morgan fingerprint density at radius 1 is 0.882 bits per heavy atom. The van der Waals surface area contributed by atoms with Crippen molar-refractivity contribution in [2.45, 2.75) is 31.6 Å². The minimum atomic E-state index is -4.51. The van der Waals surface area contributed by atoms with E-state index in [1.54, 1.807) is 0 Å². The van der Waals surface area contributed by atoms with Crippen LogP contribution in [0.4, 0.5) is 24.7 Å². The van der Waals surface area contributed by atoms with E-state index >= 15 is 0 Å². The van der Waals surface area contributed by atoms with E-state index in [1.807, 2.05) is 89.8 Å². The summed E-state index contributed by atoms with van der Waals surface area (Å²) in [6.45, 7) is 1.35. The number of fused-ring (bicyclic) bond motifs is 1. The van der Waals surface area contributed by atoms with E-state index in [4.69, 9.17) is 0 Å². The molecule has 1 aromatic heterocycles. The molecular formula is C27H22F3N3O. The summed E-state index contributed by atoms with van der Waals surface area (Å²) < 4.78 is 43.3. The third-order valence-corrected chi connectivity index (χ3v) is 6.24. The van der Waals surface area contributed by atoms with Crippen molar-refractivity contribution in [3.05, 3.63) is 102 Å². The molecule has 34 heavy (non-hydrogen) atoms. The van der Waals surface area contributed by atoms with E-state index in [1.165, 1.54) is 13.1 Å². The van der Waals surface area contributed by atoms with E-state index in [0.717, 1.165) is 21.4 Å². The van der Waals surface area contributed by atoms with Crippen molar-refractivity contribution in [2.24, 2.45) is 0 Å². The van der Waals surface area contributed by atoms with Gasteiger partial charge in [0.25, 0.3) is 0 Å². The van der Waals surface area contributed by atoms with Crippen molar-refractivity contribution in [2.75, 3.05) is 4.90 Å². The van der Waals surface area contributed by atoms with Gasteiger partial charge in [-0.2, -0.15) is 18.3 Å². The number of hydrogen-bond acceptors (Lipinski definition) is 3. The molecule has 0 aliphatic carbocycles. The van der Waals surface area contributed by atoms with E-state index in [9.17, 15) is 18.0 Å². The average molecular weight is 461 g/mol. The fraction of sp³-hybridized carbons (Fsp3) is 0.185. The van der Waals surface area contributed by atoms with Gasteiger partial charge >= 0.3 is 6.18 Å². The molecule has 1 aliphatic rings. The average Bonchev–Trinajstić information content (AvgIpc) is 3.29. The van der Waals surface area contributed by atoms with Gasteiger partial charge in [-0.25, -0.2) is 4.68 Å². The second-order valence-corrected chi connectivity index (χ2v) is 8.39. The van der Waals surface area contributed by atoms with E-state index in [0.29, 0.717) is 5.69 Å². The molecule has 172 valence electrons. The number of carbonyl (C=O) groups excluding carboxylic acids is 1. The normalized spacial score (nSPS) is 17.9. The van der Waals surface area contributed by atoms with Crippen LogP contribution < -0.4 is 4.90 Å². The molecule has 0 saturated carbocycles. The van der Waals surface area contributed by atoms with E-state index in [-0.39, 0.29) is 23.6 Å². The summed E-state index contributed by atoms with van der Waals surface area (Å²) in [5, 5.41) is 4.03. The Bertz CT molecular complexity index is 1300. The largest absolute Gasteiger partial charge is 0.410 e. The Labute approximate surface area is 195 Å². The van der Waals surface area contributed by atoms with Crippen LogP contribution in [0.3, 0.4) is 0 Å². The molecule has 5 rings (SSSR count). The molecular weight excluding hydrogens is 439 g/mol. The molecule has 2 unspecified atom stereocenters. The quantitative estimate of drug-likeness (QED) is 0.303. The second-order valence-electron chi connectivity index (χ2n) is 8.39. The molecule has 0 fully saturated rings. The smallest absolute Gasteiger partial charge is 0.318 e. The number of halogens is 3. The Morgan fingerprint density at radius 3 is 2.06 bits per heavy atom. The summed E-state index contributed by atoms with van der Waals surface area (Å²) in [6.07, 6.45) is -3.49. The maximum absolute atomic E-state index is 14.1. The van der Waals surface area contributed by atoms with Gasteiger partial charge in [0.15, 0.2) is 11.8 Å². The second kappa shape index (κ2) is 8.48. The fourth-order valence-electron chi connectivity index (χ4n) is 4.62. The van der Waals surface area contributed by atoms with Crippen molar-refractivity contribution >= 4 is 17.3 Å². The molecule has 2 atom stereocenters. The molecule has 0 bridgehead atoms. The van der Waals surface area contributed by atoms with Crippen LogP contribution >= 0.6 is 0 Å². The number of alkyl halides is 3. The molecule has 7 heteroatoms. The lowest BCUT2D eigenvalue weighted by Crippen LogP contribution is -2.40. The topological polar surface area (TPSA) is 38.1 Å². The zero-order chi connectivity index (χ0) is 23.9. The summed E-state index contributed by atoms with van der Waals surface area (Å²) in [6, 6.07) is 24.1. The van der Waals surface area contributed by atoms with Crippen LogP contribution in [0.15, 0.2) is 91.1 Å². The van der Waals surface area contributed by atoms with Crippen LogP contribution in [0.5, 0.6) is 0 Å². The SMILES string of the molecule is CC(=O)c1cnn2c1N(c1ccc(-c3ccccc3)cc1)C(c1ccccc1)CC2C(F)(F)F. The van der Waals surface area contributed by atoms with Crippen LogP contribution in [-0.4, -0.2) is 21.7 Å². The standard InChI is InChI=1S/C27H22F3N3O/c1-18(34)23-17-31-33-25(27(28,29)30)16-24(21-10-6-3-7-11-21)32(26(23)33)22-14-12-20(13-15-22)19-8-4-2-5-9-19/h2-15,17,24-25H,16H2,1H3. The van der Waals surface area contributed by atoms with Gasteiger partial charge in [0.05, 0.1) is 17.8 Å². The summed E-state index contributed by atoms with van der Waals surface area (Å²) in [7, 11) is 0. The number of carbonyl (C=O) groups is 1. The van der Waals surface area contributed by atoms with Crippen LogP contribution in [0.25, 0.3) is 11.1 Å². The zero-order valence-corrected chi connectivity index (χ0v) is 18.4. The number of aromatic nitrogens is 2. The lowest BCUT2D eigenvalue weighted by Gasteiger charge is -2.42. The predicted octanol–water partition coefficient (Wildman–Crippen LogP) is 7.14. The molecule has 0 spiro atoms. The lowest BCUT2D eigenvalue weighted by atomic mass is 9.93. The highest BCUT2D eigenvalue weighted by Gasteiger charge is 2.49. The molecule has 4 aromatic rings. The van der Waals surface area contributed by atoms with Gasteiger partial charge in [-0.15, -0.1) is 0 Å². The van der Waals surface area contributed by atoms with Crippen LogP contribution in [0.2, 0.25) is 0 Å². The van der Waals surface area contributed by atoms with Crippen LogP contribution in [0, 0.1) is 0 Å². The van der Waals surface area contributed by atoms with Gasteiger partial charge in [0.2, 0.25) is 0 Å². The summed E-state index contributed by atoms with van der Waals surface area (Å²) in [5.41, 5.74) is 3.64. The number of Topliss-reactive ketones (excluding diaryl/α,β-unsaturated/α-hetero) is 1. The zero-order valence-electron chi connectivity index (χ0n) is 18.4. The number of nitrogens with zero attached hydrogens (tertiary/aromatic N) is 3. The number of anilines is 2. The number of benzene rings is 3. The van der Waals surface area contributed by atoms with Gasteiger partial charge in [-0.05, 0) is 35.7 Å². The fourth-order valence-corrected chi connectivity index (χ4v) is 4.62. The Balaban J connectivity index is 1.69. The Morgan fingerprint density at radius 2 is 1.47 bits per heavy atom. The molecule has 0 N–H and O–H groups in total. The first-order chi connectivity index (χ1) is 16.3. The Hall–Kier alpha value is -3.87. The van der Waals surface area contributed by atoms with Crippen molar-refractivity contribution in [3.8, 4) is 11.1 Å². The molecule has 3 aromatic carbocycles.